The lowest BCUT2D eigenvalue weighted by molar-refractivity contribution is 0.226. The second-order valence-corrected chi connectivity index (χ2v) is 6.12. The van der Waals surface area contributed by atoms with Gasteiger partial charge in [0.2, 0.25) is 0 Å². The van der Waals surface area contributed by atoms with Crippen molar-refractivity contribution >= 4 is 0 Å². The molecule has 2 aromatic carbocycles. The molecule has 2 rings (SSSR count). The summed E-state index contributed by atoms with van der Waals surface area (Å²) in [6.07, 6.45) is 0. The normalized spacial score (nSPS) is 11.3. The van der Waals surface area contributed by atoms with Crippen LogP contribution >= 0.6 is 0 Å². The molecule has 0 aromatic heterocycles. The zero-order valence-corrected chi connectivity index (χ0v) is 13.8. The quantitative estimate of drug-likeness (QED) is 0.850. The van der Waals surface area contributed by atoms with Crippen LogP contribution in [0.2, 0.25) is 0 Å². The topological polar surface area (TPSA) is 26.7 Å². The highest BCUT2D eigenvalue weighted by molar-refractivity contribution is 5.34. The lowest BCUT2D eigenvalue weighted by Gasteiger charge is -2.24. The summed E-state index contributed by atoms with van der Waals surface area (Å²) in [5, 5.41) is 9.67. The number of benzene rings is 2. The van der Waals surface area contributed by atoms with E-state index in [2.05, 4.69) is 60.3 Å². The van der Waals surface area contributed by atoms with Crippen LogP contribution in [0.4, 0.5) is 0 Å². The van der Waals surface area contributed by atoms with Crippen LogP contribution in [-0.4, -0.2) is 42.1 Å². The molecule has 2 aromatic rings. The molecule has 0 amide bonds. The SMILES string of the molecule is Cc1cc(CN(CCN(C)C)Cc2ccccc2)ccc1O. The van der Waals surface area contributed by atoms with E-state index >= 15 is 0 Å². The minimum absolute atomic E-state index is 0.367. The van der Waals surface area contributed by atoms with Crippen LogP contribution in [0.25, 0.3) is 0 Å². The fourth-order valence-electron chi connectivity index (χ4n) is 2.47. The van der Waals surface area contributed by atoms with Crippen LogP contribution < -0.4 is 0 Å². The second kappa shape index (κ2) is 7.97. The van der Waals surface area contributed by atoms with Gasteiger partial charge in [-0.1, -0.05) is 42.5 Å². The second-order valence-electron chi connectivity index (χ2n) is 6.12. The number of aromatic hydroxyl groups is 1. The molecule has 118 valence electrons. The van der Waals surface area contributed by atoms with E-state index in [0.29, 0.717) is 5.75 Å². The van der Waals surface area contributed by atoms with Crippen LogP contribution in [0.5, 0.6) is 5.75 Å². The van der Waals surface area contributed by atoms with Crippen molar-refractivity contribution in [1.82, 2.24) is 9.80 Å². The van der Waals surface area contributed by atoms with E-state index in [4.69, 9.17) is 0 Å². The van der Waals surface area contributed by atoms with E-state index in [-0.39, 0.29) is 0 Å². The smallest absolute Gasteiger partial charge is 0.118 e. The van der Waals surface area contributed by atoms with Crippen molar-refractivity contribution < 1.29 is 5.11 Å². The van der Waals surface area contributed by atoms with Gasteiger partial charge in [0, 0.05) is 26.2 Å². The van der Waals surface area contributed by atoms with Gasteiger partial charge < -0.3 is 10.0 Å². The number of phenolic OH excluding ortho intramolecular Hbond substituents is 1. The number of nitrogens with zero attached hydrogens (tertiary/aromatic N) is 2. The molecule has 1 N–H and O–H groups in total. The summed E-state index contributed by atoms with van der Waals surface area (Å²) in [7, 11) is 4.21. The summed E-state index contributed by atoms with van der Waals surface area (Å²) in [6.45, 7) is 5.82. The molecule has 0 spiro atoms. The van der Waals surface area contributed by atoms with Crippen LogP contribution in [-0.2, 0) is 13.1 Å². The minimum Gasteiger partial charge on any atom is -0.508 e. The number of hydrogen-bond acceptors (Lipinski definition) is 3. The Labute approximate surface area is 133 Å². The van der Waals surface area contributed by atoms with Crippen molar-refractivity contribution in [3.8, 4) is 5.75 Å². The van der Waals surface area contributed by atoms with Gasteiger partial charge in [-0.2, -0.15) is 0 Å². The Morgan fingerprint density at radius 1 is 0.864 bits per heavy atom. The van der Waals surface area contributed by atoms with Gasteiger partial charge in [0.25, 0.3) is 0 Å². The predicted octanol–water partition coefficient (Wildman–Crippen LogP) is 3.26. The Hall–Kier alpha value is -1.84. The molecule has 0 fully saturated rings. The van der Waals surface area contributed by atoms with E-state index in [0.717, 1.165) is 31.7 Å². The van der Waals surface area contributed by atoms with Crippen LogP contribution in [0, 0.1) is 6.92 Å². The Morgan fingerprint density at radius 2 is 1.55 bits per heavy atom. The zero-order chi connectivity index (χ0) is 15.9. The highest BCUT2D eigenvalue weighted by atomic mass is 16.3. The van der Waals surface area contributed by atoms with Crippen molar-refractivity contribution in [1.29, 1.82) is 0 Å². The lowest BCUT2D eigenvalue weighted by Crippen LogP contribution is -2.31. The molecule has 0 saturated heterocycles. The van der Waals surface area contributed by atoms with Crippen molar-refractivity contribution in [3.05, 3.63) is 65.2 Å². The molecule has 0 radical (unpaired) electrons. The Morgan fingerprint density at radius 3 is 2.18 bits per heavy atom. The summed E-state index contributed by atoms with van der Waals surface area (Å²) < 4.78 is 0. The van der Waals surface area contributed by atoms with Gasteiger partial charge in [0.1, 0.15) is 5.75 Å². The molecule has 0 atom stereocenters. The summed E-state index contributed by atoms with van der Waals surface area (Å²) in [5.41, 5.74) is 3.51. The summed E-state index contributed by atoms with van der Waals surface area (Å²) >= 11 is 0. The maximum atomic E-state index is 9.67. The van der Waals surface area contributed by atoms with Crippen molar-refractivity contribution in [2.75, 3.05) is 27.2 Å². The number of aryl methyl sites for hydroxylation is 1. The molecule has 22 heavy (non-hydrogen) atoms. The van der Waals surface area contributed by atoms with E-state index in [1.807, 2.05) is 13.0 Å². The van der Waals surface area contributed by atoms with Gasteiger partial charge >= 0.3 is 0 Å². The fourth-order valence-corrected chi connectivity index (χ4v) is 2.47. The molecule has 0 heterocycles. The average molecular weight is 298 g/mol. The third kappa shape index (κ3) is 5.17. The maximum absolute atomic E-state index is 9.67. The van der Waals surface area contributed by atoms with Gasteiger partial charge in [0.15, 0.2) is 0 Å². The molecule has 0 unspecified atom stereocenters. The molecular weight excluding hydrogens is 272 g/mol. The molecule has 0 aliphatic heterocycles. The third-order valence-electron chi connectivity index (χ3n) is 3.78. The monoisotopic (exact) mass is 298 g/mol. The lowest BCUT2D eigenvalue weighted by atomic mass is 10.1. The maximum Gasteiger partial charge on any atom is 0.118 e. The number of phenols is 1. The van der Waals surface area contributed by atoms with Crippen molar-refractivity contribution in [3.63, 3.8) is 0 Å². The first kappa shape index (κ1) is 16.5. The summed E-state index contributed by atoms with van der Waals surface area (Å²) in [6, 6.07) is 16.4. The highest BCUT2D eigenvalue weighted by Gasteiger charge is 2.09. The van der Waals surface area contributed by atoms with Crippen molar-refractivity contribution in [2.24, 2.45) is 0 Å². The molecule has 0 bridgehead atoms. The molecule has 0 aliphatic rings. The third-order valence-corrected chi connectivity index (χ3v) is 3.78. The number of likely N-dealkylation sites (N-methyl/N-ethyl adjacent to an activating group) is 1. The molecule has 3 heteroatoms. The Bertz CT molecular complexity index is 581. The highest BCUT2D eigenvalue weighted by Crippen LogP contribution is 2.18. The van der Waals surface area contributed by atoms with E-state index in [1.54, 1.807) is 6.07 Å². The van der Waals surface area contributed by atoms with Crippen LogP contribution in [0.15, 0.2) is 48.5 Å². The Balaban J connectivity index is 2.07. The molecule has 3 nitrogen and oxygen atoms in total. The van der Waals surface area contributed by atoms with Gasteiger partial charge in [-0.15, -0.1) is 0 Å². The molecule has 0 aliphatic carbocycles. The Kier molecular flexibility index (Phi) is 5.99. The van der Waals surface area contributed by atoms with Crippen LogP contribution in [0.3, 0.4) is 0 Å². The van der Waals surface area contributed by atoms with E-state index in [9.17, 15) is 5.11 Å². The van der Waals surface area contributed by atoms with Gasteiger partial charge in [-0.05, 0) is 43.8 Å². The first-order valence-corrected chi connectivity index (χ1v) is 7.74. The largest absolute Gasteiger partial charge is 0.508 e. The first-order valence-electron chi connectivity index (χ1n) is 7.74. The van der Waals surface area contributed by atoms with Crippen LogP contribution in [0.1, 0.15) is 16.7 Å². The van der Waals surface area contributed by atoms with Gasteiger partial charge in [-0.25, -0.2) is 0 Å². The standard InChI is InChI=1S/C19H26N2O/c1-16-13-18(9-10-19(16)22)15-21(12-11-20(2)3)14-17-7-5-4-6-8-17/h4-10,13,22H,11-12,14-15H2,1-3H3. The zero-order valence-electron chi connectivity index (χ0n) is 13.8. The van der Waals surface area contributed by atoms with E-state index in [1.165, 1.54) is 11.1 Å². The molecule has 0 saturated carbocycles. The van der Waals surface area contributed by atoms with Gasteiger partial charge in [-0.3, -0.25) is 4.90 Å². The summed E-state index contributed by atoms with van der Waals surface area (Å²) in [4.78, 5) is 4.65. The predicted molar refractivity (Wildman–Crippen MR) is 92.0 cm³/mol. The first-order chi connectivity index (χ1) is 10.5. The number of rotatable bonds is 7. The number of hydrogen-bond donors (Lipinski definition) is 1. The fraction of sp³-hybridized carbons (Fsp3) is 0.368. The minimum atomic E-state index is 0.367. The summed E-state index contributed by atoms with van der Waals surface area (Å²) in [5.74, 6) is 0.367. The average Bonchev–Trinajstić information content (AvgIpc) is 2.49. The van der Waals surface area contributed by atoms with Crippen molar-refractivity contribution in [2.45, 2.75) is 20.0 Å². The molecular formula is C19H26N2O. The van der Waals surface area contributed by atoms with Gasteiger partial charge in [0.05, 0.1) is 0 Å². The van der Waals surface area contributed by atoms with E-state index < -0.39 is 0 Å².